The minimum Gasteiger partial charge on any atom is -0.481 e. The zero-order chi connectivity index (χ0) is 13.1. The highest BCUT2D eigenvalue weighted by atomic mass is 16.4. The molecular weight excluding hydrogens is 234 g/mol. The maximum atomic E-state index is 12.0. The fourth-order valence-electron chi connectivity index (χ4n) is 2.75. The van der Waals surface area contributed by atoms with Gasteiger partial charge in [0.15, 0.2) is 0 Å². The number of likely N-dealkylation sites (N-methyl/N-ethyl adjacent to an activating group) is 1. The highest BCUT2D eigenvalue weighted by molar-refractivity contribution is 5.75. The van der Waals surface area contributed by atoms with Gasteiger partial charge >= 0.3 is 12.0 Å². The average Bonchev–Trinajstić information content (AvgIpc) is 2.87. The monoisotopic (exact) mass is 255 g/mol. The van der Waals surface area contributed by atoms with Crippen LogP contribution in [0.4, 0.5) is 4.79 Å². The highest BCUT2D eigenvalue weighted by Gasteiger charge is 2.29. The summed E-state index contributed by atoms with van der Waals surface area (Å²) in [5.41, 5.74) is 0. The summed E-state index contributed by atoms with van der Waals surface area (Å²) in [7, 11) is 2.05. The van der Waals surface area contributed by atoms with Crippen molar-refractivity contribution in [3.05, 3.63) is 0 Å². The van der Waals surface area contributed by atoms with Crippen molar-refractivity contribution in [3.63, 3.8) is 0 Å². The Morgan fingerprint density at radius 3 is 2.67 bits per heavy atom. The molecule has 2 N–H and O–H groups in total. The average molecular weight is 255 g/mol. The minimum absolute atomic E-state index is 0.0387. The Hall–Kier alpha value is -1.30. The normalized spacial score (nSPS) is 28.6. The first kappa shape index (κ1) is 13.1. The molecule has 6 nitrogen and oxygen atoms in total. The maximum Gasteiger partial charge on any atom is 0.317 e. The van der Waals surface area contributed by atoms with Gasteiger partial charge in [0.1, 0.15) is 0 Å². The summed E-state index contributed by atoms with van der Waals surface area (Å²) < 4.78 is 0. The van der Waals surface area contributed by atoms with E-state index in [1.54, 1.807) is 4.90 Å². The first-order valence-electron chi connectivity index (χ1n) is 6.50. The van der Waals surface area contributed by atoms with E-state index in [-0.39, 0.29) is 24.4 Å². The number of carboxylic acids is 1. The molecule has 18 heavy (non-hydrogen) atoms. The largest absolute Gasteiger partial charge is 0.481 e. The second-order valence-electron chi connectivity index (χ2n) is 5.40. The quantitative estimate of drug-likeness (QED) is 0.755. The predicted octanol–water partition coefficient (Wildman–Crippen LogP) is 0.197. The van der Waals surface area contributed by atoms with E-state index in [9.17, 15) is 9.59 Å². The Morgan fingerprint density at radius 1 is 1.28 bits per heavy atom. The summed E-state index contributed by atoms with van der Waals surface area (Å²) in [5.74, 6) is -0.667. The van der Waals surface area contributed by atoms with Gasteiger partial charge in [-0.15, -0.1) is 0 Å². The van der Waals surface area contributed by atoms with Crippen molar-refractivity contribution >= 4 is 12.0 Å². The number of nitrogens with zero attached hydrogens (tertiary/aromatic N) is 2. The number of carbonyl (C=O) groups is 2. The number of hydrogen-bond donors (Lipinski definition) is 2. The lowest BCUT2D eigenvalue weighted by atomic mass is 10.1. The fourth-order valence-corrected chi connectivity index (χ4v) is 2.75. The summed E-state index contributed by atoms with van der Waals surface area (Å²) in [6.45, 7) is 3.16. The van der Waals surface area contributed by atoms with Crippen LogP contribution in [0.2, 0.25) is 0 Å². The molecule has 2 fully saturated rings. The minimum atomic E-state index is -0.778. The van der Waals surface area contributed by atoms with E-state index in [0.29, 0.717) is 13.1 Å². The number of rotatable bonds is 3. The number of carboxylic acid groups (broad SMARTS) is 1. The SMILES string of the molecule is CN1CCC(NC(=O)N2CCC(CC(=O)O)C2)C1. The van der Waals surface area contributed by atoms with Crippen molar-refractivity contribution in [1.82, 2.24) is 15.1 Å². The molecule has 2 rings (SSSR count). The van der Waals surface area contributed by atoms with Crippen LogP contribution < -0.4 is 5.32 Å². The Kier molecular flexibility index (Phi) is 4.06. The topological polar surface area (TPSA) is 72.9 Å². The number of hydrogen-bond acceptors (Lipinski definition) is 3. The van der Waals surface area contributed by atoms with Gasteiger partial charge in [-0.1, -0.05) is 0 Å². The summed E-state index contributed by atoms with van der Waals surface area (Å²) >= 11 is 0. The molecule has 102 valence electrons. The van der Waals surface area contributed by atoms with Crippen molar-refractivity contribution in [2.75, 3.05) is 33.2 Å². The van der Waals surface area contributed by atoms with E-state index in [2.05, 4.69) is 10.2 Å². The Morgan fingerprint density at radius 2 is 2.06 bits per heavy atom. The van der Waals surface area contributed by atoms with Crippen molar-refractivity contribution < 1.29 is 14.7 Å². The van der Waals surface area contributed by atoms with Crippen LogP contribution >= 0.6 is 0 Å². The molecule has 2 atom stereocenters. The molecule has 2 saturated heterocycles. The van der Waals surface area contributed by atoms with Crippen LogP contribution in [-0.4, -0.2) is 66.2 Å². The number of likely N-dealkylation sites (tertiary alicyclic amines) is 2. The van der Waals surface area contributed by atoms with Gasteiger partial charge in [0, 0.05) is 32.1 Å². The van der Waals surface area contributed by atoms with E-state index in [1.165, 1.54) is 0 Å². The molecule has 0 saturated carbocycles. The molecule has 2 aliphatic heterocycles. The van der Waals surface area contributed by atoms with Gasteiger partial charge in [0.25, 0.3) is 0 Å². The van der Waals surface area contributed by atoms with Crippen molar-refractivity contribution in [3.8, 4) is 0 Å². The molecule has 2 amide bonds. The van der Waals surface area contributed by atoms with Gasteiger partial charge in [-0.3, -0.25) is 4.79 Å². The second-order valence-corrected chi connectivity index (χ2v) is 5.40. The van der Waals surface area contributed by atoms with Gasteiger partial charge in [0.2, 0.25) is 0 Å². The zero-order valence-electron chi connectivity index (χ0n) is 10.8. The van der Waals surface area contributed by atoms with E-state index in [0.717, 1.165) is 25.9 Å². The Labute approximate surface area is 107 Å². The van der Waals surface area contributed by atoms with E-state index in [4.69, 9.17) is 5.11 Å². The lowest BCUT2D eigenvalue weighted by molar-refractivity contribution is -0.138. The van der Waals surface area contributed by atoms with Crippen LogP contribution in [0.15, 0.2) is 0 Å². The van der Waals surface area contributed by atoms with Crippen LogP contribution in [0, 0.1) is 5.92 Å². The third-order valence-electron chi connectivity index (χ3n) is 3.76. The van der Waals surface area contributed by atoms with Gasteiger partial charge in [-0.2, -0.15) is 0 Å². The summed E-state index contributed by atoms with van der Waals surface area (Å²) in [4.78, 5) is 26.5. The predicted molar refractivity (Wildman–Crippen MR) is 66.4 cm³/mol. The smallest absolute Gasteiger partial charge is 0.317 e. The maximum absolute atomic E-state index is 12.0. The number of aliphatic carboxylic acids is 1. The molecule has 2 unspecified atom stereocenters. The van der Waals surface area contributed by atoms with Gasteiger partial charge in [-0.25, -0.2) is 4.79 Å². The molecule has 0 aliphatic carbocycles. The first-order valence-corrected chi connectivity index (χ1v) is 6.50. The lowest BCUT2D eigenvalue weighted by Gasteiger charge is -2.20. The van der Waals surface area contributed by atoms with Crippen LogP contribution in [-0.2, 0) is 4.79 Å². The molecule has 0 bridgehead atoms. The summed E-state index contributed by atoms with van der Waals surface area (Å²) in [5, 5.41) is 11.8. The Bertz CT molecular complexity index is 335. The van der Waals surface area contributed by atoms with Crippen LogP contribution in [0.1, 0.15) is 19.3 Å². The van der Waals surface area contributed by atoms with Crippen LogP contribution in [0.25, 0.3) is 0 Å². The van der Waals surface area contributed by atoms with Crippen LogP contribution in [0.3, 0.4) is 0 Å². The first-order chi connectivity index (χ1) is 8.54. The lowest BCUT2D eigenvalue weighted by Crippen LogP contribution is -2.44. The van der Waals surface area contributed by atoms with Gasteiger partial charge < -0.3 is 20.2 Å². The molecule has 0 aromatic carbocycles. The van der Waals surface area contributed by atoms with E-state index < -0.39 is 5.97 Å². The van der Waals surface area contributed by atoms with E-state index in [1.807, 2.05) is 7.05 Å². The van der Waals surface area contributed by atoms with E-state index >= 15 is 0 Å². The van der Waals surface area contributed by atoms with Gasteiger partial charge in [-0.05, 0) is 32.4 Å². The van der Waals surface area contributed by atoms with Gasteiger partial charge in [0.05, 0.1) is 0 Å². The third-order valence-corrected chi connectivity index (χ3v) is 3.76. The van der Waals surface area contributed by atoms with Crippen molar-refractivity contribution in [1.29, 1.82) is 0 Å². The Balaban J connectivity index is 1.75. The molecular formula is C12H21N3O3. The number of carbonyl (C=O) groups excluding carboxylic acids is 1. The number of amides is 2. The standard InChI is InChI=1S/C12H21N3O3/c1-14-4-3-10(8-14)13-12(18)15-5-2-9(7-15)6-11(16)17/h9-10H,2-8H2,1H3,(H,13,18)(H,16,17). The summed E-state index contributed by atoms with van der Waals surface area (Å²) in [6.07, 6.45) is 1.95. The second kappa shape index (κ2) is 5.56. The zero-order valence-corrected chi connectivity index (χ0v) is 10.8. The third kappa shape index (κ3) is 3.35. The fraction of sp³-hybridized carbons (Fsp3) is 0.833. The molecule has 0 aromatic rings. The molecule has 0 radical (unpaired) electrons. The molecule has 0 spiro atoms. The molecule has 2 aliphatic rings. The summed E-state index contributed by atoms with van der Waals surface area (Å²) in [6, 6.07) is 0.198. The van der Waals surface area contributed by atoms with Crippen LogP contribution in [0.5, 0.6) is 0 Å². The molecule has 6 heteroatoms. The number of urea groups is 1. The highest BCUT2D eigenvalue weighted by Crippen LogP contribution is 2.19. The van der Waals surface area contributed by atoms with Crippen molar-refractivity contribution in [2.24, 2.45) is 5.92 Å². The number of nitrogens with one attached hydrogen (secondary N) is 1. The molecule has 2 heterocycles. The molecule has 0 aromatic heterocycles. The van der Waals surface area contributed by atoms with Crippen molar-refractivity contribution in [2.45, 2.75) is 25.3 Å².